The lowest BCUT2D eigenvalue weighted by atomic mass is 9.90. The van der Waals surface area contributed by atoms with Crippen molar-refractivity contribution >= 4 is 44.8 Å². The van der Waals surface area contributed by atoms with E-state index < -0.39 is 0 Å². The summed E-state index contributed by atoms with van der Waals surface area (Å²) in [4.78, 5) is 16.4. The summed E-state index contributed by atoms with van der Waals surface area (Å²) in [5.74, 6) is 0. The first-order valence-corrected chi connectivity index (χ1v) is 11.0. The van der Waals surface area contributed by atoms with Crippen molar-refractivity contribution in [2.75, 3.05) is 10.6 Å². The molecule has 0 bridgehead atoms. The minimum absolute atomic E-state index is 0.320. The van der Waals surface area contributed by atoms with Crippen LogP contribution in [0.4, 0.5) is 11.4 Å². The molecule has 0 saturated heterocycles. The third-order valence-electron chi connectivity index (χ3n) is 6.05. The zero-order valence-electron chi connectivity index (χ0n) is 17.3. The lowest BCUT2D eigenvalue weighted by Gasteiger charge is -2.31. The van der Waals surface area contributed by atoms with Crippen LogP contribution in [0.3, 0.4) is 0 Å². The van der Waals surface area contributed by atoms with Gasteiger partial charge in [-0.05, 0) is 69.0 Å². The number of fused-ring (bicyclic) bond motifs is 2. The van der Waals surface area contributed by atoms with Gasteiger partial charge in [-0.25, -0.2) is 4.79 Å². The van der Waals surface area contributed by atoms with Crippen molar-refractivity contribution in [3.8, 4) is 0 Å². The van der Waals surface area contributed by atoms with Crippen LogP contribution >= 0.6 is 11.6 Å². The maximum absolute atomic E-state index is 12.0. The smallest absolute Gasteiger partial charge is 0.338 e. The molecule has 0 amide bonds. The maximum Gasteiger partial charge on any atom is 0.338 e. The van der Waals surface area contributed by atoms with Gasteiger partial charge in [0, 0.05) is 45.8 Å². The Labute approximate surface area is 185 Å². The lowest BCUT2D eigenvalue weighted by Crippen LogP contribution is -2.32. The van der Waals surface area contributed by atoms with Gasteiger partial charge in [0.25, 0.3) is 0 Å². The summed E-state index contributed by atoms with van der Waals surface area (Å²) in [6, 6.07) is 16.0. The van der Waals surface area contributed by atoms with E-state index in [-0.39, 0.29) is 5.63 Å². The van der Waals surface area contributed by atoms with Crippen molar-refractivity contribution in [3.05, 3.63) is 75.7 Å². The molecular weight excluding hydrogens is 410 g/mol. The number of anilines is 2. The summed E-state index contributed by atoms with van der Waals surface area (Å²) in [6.07, 6.45) is 5.98. The molecule has 6 heteroatoms. The van der Waals surface area contributed by atoms with Crippen molar-refractivity contribution in [3.63, 3.8) is 0 Å². The number of hydrogen-bond acceptors (Lipinski definition) is 5. The number of rotatable bonds is 4. The van der Waals surface area contributed by atoms with Crippen LogP contribution in [0.2, 0.25) is 5.02 Å². The van der Waals surface area contributed by atoms with E-state index in [1.165, 1.54) is 0 Å². The first-order chi connectivity index (χ1) is 15.0. The topological polar surface area (TPSA) is 67.2 Å². The Bertz CT molecular complexity index is 1310. The Kier molecular flexibility index (Phi) is 5.28. The van der Waals surface area contributed by atoms with E-state index in [0.717, 1.165) is 58.9 Å². The third kappa shape index (κ3) is 4.23. The summed E-state index contributed by atoms with van der Waals surface area (Å²) in [7, 11) is 0. The van der Waals surface area contributed by atoms with Gasteiger partial charge < -0.3 is 15.1 Å². The lowest BCUT2D eigenvalue weighted by molar-refractivity contribution is 0.429. The molecule has 1 saturated carbocycles. The molecule has 5 nitrogen and oxygen atoms in total. The van der Waals surface area contributed by atoms with Crippen LogP contribution in [0.5, 0.6) is 0 Å². The largest absolute Gasteiger partial charge is 0.423 e. The van der Waals surface area contributed by atoms with Crippen LogP contribution in [-0.4, -0.2) is 17.1 Å². The molecule has 2 aromatic heterocycles. The first-order valence-electron chi connectivity index (χ1n) is 10.7. The third-order valence-corrected chi connectivity index (χ3v) is 6.28. The Morgan fingerprint density at radius 2 is 1.65 bits per heavy atom. The standard InChI is InChI=1S/C25H24ClN3O2/c1-15-2-9-24-20(12-15)23(14-25(30)31-24)29-18-6-4-17(5-7-18)28-21-10-11-27-22-13-16(26)3-8-19(21)22/h2-3,8-14,17-18,29H,4-7H2,1H3,(H,27,28). The quantitative estimate of drug-likeness (QED) is 0.378. The zero-order chi connectivity index (χ0) is 21.4. The molecule has 1 fully saturated rings. The Balaban J connectivity index is 1.28. The second-order valence-corrected chi connectivity index (χ2v) is 8.77. The predicted octanol–water partition coefficient (Wildman–Crippen LogP) is 6.14. The molecule has 1 aliphatic carbocycles. The van der Waals surface area contributed by atoms with Gasteiger partial charge in [-0.2, -0.15) is 0 Å². The van der Waals surface area contributed by atoms with Crippen molar-refractivity contribution in [1.82, 2.24) is 4.98 Å². The van der Waals surface area contributed by atoms with Gasteiger partial charge in [-0.15, -0.1) is 0 Å². The second kappa shape index (κ2) is 8.23. The van der Waals surface area contributed by atoms with Crippen molar-refractivity contribution in [1.29, 1.82) is 0 Å². The van der Waals surface area contributed by atoms with E-state index >= 15 is 0 Å². The summed E-state index contributed by atoms with van der Waals surface area (Å²) < 4.78 is 5.35. The highest BCUT2D eigenvalue weighted by molar-refractivity contribution is 6.31. The Morgan fingerprint density at radius 1 is 0.903 bits per heavy atom. The number of aromatic nitrogens is 1. The first kappa shape index (κ1) is 19.9. The molecular formula is C25H24ClN3O2. The van der Waals surface area contributed by atoms with E-state index in [9.17, 15) is 4.79 Å². The van der Waals surface area contributed by atoms with Gasteiger partial charge in [-0.3, -0.25) is 4.98 Å². The van der Waals surface area contributed by atoms with Gasteiger partial charge in [0.05, 0.1) is 11.2 Å². The van der Waals surface area contributed by atoms with Gasteiger partial charge in [0.1, 0.15) is 5.58 Å². The normalized spacial score (nSPS) is 18.9. The SMILES string of the molecule is Cc1ccc2oc(=O)cc(NC3CCC(Nc4ccnc5cc(Cl)ccc45)CC3)c2c1. The van der Waals surface area contributed by atoms with Gasteiger partial charge >= 0.3 is 5.63 Å². The fourth-order valence-electron chi connectivity index (χ4n) is 4.47. The number of halogens is 1. The molecule has 158 valence electrons. The van der Waals surface area contributed by atoms with E-state index in [2.05, 4.69) is 21.7 Å². The van der Waals surface area contributed by atoms with E-state index in [0.29, 0.717) is 22.7 Å². The van der Waals surface area contributed by atoms with E-state index in [4.69, 9.17) is 16.0 Å². The summed E-state index contributed by atoms with van der Waals surface area (Å²) in [5.41, 5.74) is 4.31. The molecule has 0 aliphatic heterocycles. The van der Waals surface area contributed by atoms with E-state index in [1.54, 1.807) is 6.07 Å². The molecule has 5 rings (SSSR count). The number of pyridine rings is 1. The van der Waals surface area contributed by atoms with Crippen molar-refractivity contribution in [2.24, 2.45) is 0 Å². The molecule has 4 aromatic rings. The van der Waals surface area contributed by atoms with Crippen LogP contribution in [-0.2, 0) is 0 Å². The average Bonchev–Trinajstić information content (AvgIpc) is 2.75. The fourth-order valence-corrected chi connectivity index (χ4v) is 4.63. The highest BCUT2D eigenvalue weighted by atomic mass is 35.5. The number of hydrogen-bond donors (Lipinski definition) is 2. The molecule has 2 N–H and O–H groups in total. The molecule has 0 radical (unpaired) electrons. The van der Waals surface area contributed by atoms with Crippen LogP contribution in [0.25, 0.3) is 21.9 Å². The summed E-state index contributed by atoms with van der Waals surface area (Å²) in [6.45, 7) is 2.04. The molecule has 2 heterocycles. The maximum atomic E-state index is 12.0. The highest BCUT2D eigenvalue weighted by Gasteiger charge is 2.22. The number of aryl methyl sites for hydroxylation is 1. The predicted molar refractivity (Wildman–Crippen MR) is 127 cm³/mol. The Morgan fingerprint density at radius 3 is 2.42 bits per heavy atom. The van der Waals surface area contributed by atoms with Crippen molar-refractivity contribution in [2.45, 2.75) is 44.7 Å². The molecule has 1 aliphatic rings. The van der Waals surface area contributed by atoms with Crippen LogP contribution in [0.15, 0.2) is 63.9 Å². The number of nitrogens with zero attached hydrogens (tertiary/aromatic N) is 1. The minimum atomic E-state index is -0.320. The molecule has 31 heavy (non-hydrogen) atoms. The summed E-state index contributed by atoms with van der Waals surface area (Å²) in [5, 5.41) is 10.0. The number of nitrogens with one attached hydrogen (secondary N) is 2. The molecule has 0 spiro atoms. The minimum Gasteiger partial charge on any atom is -0.423 e. The second-order valence-electron chi connectivity index (χ2n) is 8.34. The highest BCUT2D eigenvalue weighted by Crippen LogP contribution is 2.30. The zero-order valence-corrected chi connectivity index (χ0v) is 18.1. The van der Waals surface area contributed by atoms with Crippen molar-refractivity contribution < 1.29 is 4.42 Å². The fraction of sp³-hybridized carbons (Fsp3) is 0.280. The molecule has 0 atom stereocenters. The molecule has 0 unspecified atom stereocenters. The van der Waals surface area contributed by atoms with Gasteiger partial charge in [0.2, 0.25) is 0 Å². The van der Waals surface area contributed by atoms with Crippen LogP contribution in [0.1, 0.15) is 31.2 Å². The summed E-state index contributed by atoms with van der Waals surface area (Å²) >= 11 is 6.11. The molecule has 2 aromatic carbocycles. The van der Waals surface area contributed by atoms with Gasteiger partial charge in [0.15, 0.2) is 0 Å². The Hall–Kier alpha value is -3.05. The van der Waals surface area contributed by atoms with E-state index in [1.807, 2.05) is 49.5 Å². The van der Waals surface area contributed by atoms with Gasteiger partial charge in [-0.1, -0.05) is 23.2 Å². The number of benzene rings is 2. The average molecular weight is 434 g/mol. The van der Waals surface area contributed by atoms with Crippen LogP contribution < -0.4 is 16.3 Å². The monoisotopic (exact) mass is 433 g/mol. The van der Waals surface area contributed by atoms with Crippen LogP contribution in [0, 0.1) is 6.92 Å².